The van der Waals surface area contributed by atoms with Crippen LogP contribution in [0.5, 0.6) is 11.5 Å². The Morgan fingerprint density at radius 1 is 0.933 bits per heavy atom. The van der Waals surface area contributed by atoms with Gasteiger partial charge >= 0.3 is 6.03 Å². The highest BCUT2D eigenvalue weighted by atomic mass is 32.1. The number of para-hydroxylation sites is 1. The first kappa shape index (κ1) is 19.4. The molecule has 0 aliphatic rings. The van der Waals surface area contributed by atoms with E-state index in [1.54, 1.807) is 19.2 Å². The minimum absolute atomic E-state index is 0.279. The van der Waals surface area contributed by atoms with Gasteiger partial charge in [0.1, 0.15) is 17.2 Å². The molecular weight excluding hydrogens is 400 g/mol. The number of thiophene rings is 1. The predicted octanol–water partition coefficient (Wildman–Crippen LogP) is 5.09. The molecule has 3 amide bonds. The van der Waals surface area contributed by atoms with E-state index >= 15 is 0 Å². The molecule has 0 spiro atoms. The van der Waals surface area contributed by atoms with E-state index < -0.39 is 0 Å². The summed E-state index contributed by atoms with van der Waals surface area (Å²) in [5.41, 5.74) is 1.00. The van der Waals surface area contributed by atoms with Gasteiger partial charge in [-0.05, 0) is 47.9 Å². The Balaban J connectivity index is 1.47. The standard InChI is InChI=1S/C22H18N4O3S/c1-23-21(27)18-12-17(9-10-24-18)29-16-8-7-14-11-20(30-19(14)13-16)26-22(28)25-15-5-3-2-4-6-15/h2-13H,1H3,(H,23,27)(H2,25,26,28). The van der Waals surface area contributed by atoms with Crippen molar-refractivity contribution in [2.45, 2.75) is 0 Å². The van der Waals surface area contributed by atoms with Crippen molar-refractivity contribution < 1.29 is 14.3 Å². The molecule has 0 fully saturated rings. The maximum Gasteiger partial charge on any atom is 0.324 e. The average molecular weight is 418 g/mol. The van der Waals surface area contributed by atoms with Crippen LogP contribution in [0.3, 0.4) is 0 Å². The second-order valence-electron chi connectivity index (χ2n) is 6.31. The van der Waals surface area contributed by atoms with Gasteiger partial charge in [0.25, 0.3) is 5.91 Å². The molecule has 0 radical (unpaired) electrons. The first-order chi connectivity index (χ1) is 14.6. The van der Waals surface area contributed by atoms with Gasteiger partial charge in [0.05, 0.1) is 5.00 Å². The van der Waals surface area contributed by atoms with Crippen LogP contribution in [0.15, 0.2) is 72.9 Å². The third-order valence-electron chi connectivity index (χ3n) is 4.19. The molecule has 30 heavy (non-hydrogen) atoms. The smallest absolute Gasteiger partial charge is 0.324 e. The zero-order valence-corrected chi connectivity index (χ0v) is 16.8. The van der Waals surface area contributed by atoms with Crippen LogP contribution in [0.1, 0.15) is 10.5 Å². The van der Waals surface area contributed by atoms with Crippen LogP contribution in [0.4, 0.5) is 15.5 Å². The van der Waals surface area contributed by atoms with Crippen molar-refractivity contribution in [3.05, 3.63) is 78.6 Å². The van der Waals surface area contributed by atoms with E-state index in [0.717, 1.165) is 20.8 Å². The molecule has 0 aliphatic carbocycles. The SMILES string of the molecule is CNC(=O)c1cc(Oc2ccc3cc(NC(=O)Nc4ccccc4)sc3c2)ccn1. The summed E-state index contributed by atoms with van der Waals surface area (Å²) in [5.74, 6) is 0.859. The lowest BCUT2D eigenvalue weighted by molar-refractivity contribution is 0.0958. The minimum Gasteiger partial charge on any atom is -0.457 e. The third kappa shape index (κ3) is 4.56. The van der Waals surface area contributed by atoms with E-state index in [1.165, 1.54) is 17.5 Å². The van der Waals surface area contributed by atoms with E-state index in [-0.39, 0.29) is 17.6 Å². The van der Waals surface area contributed by atoms with Gasteiger partial charge in [0.2, 0.25) is 0 Å². The Bertz CT molecular complexity index is 1210. The van der Waals surface area contributed by atoms with Gasteiger partial charge in [0, 0.05) is 29.7 Å². The fourth-order valence-corrected chi connectivity index (χ4v) is 3.78. The molecule has 0 saturated heterocycles. The van der Waals surface area contributed by atoms with Crippen molar-refractivity contribution in [2.24, 2.45) is 0 Å². The van der Waals surface area contributed by atoms with Crippen LogP contribution in [-0.4, -0.2) is 24.0 Å². The highest BCUT2D eigenvalue weighted by Gasteiger charge is 2.09. The van der Waals surface area contributed by atoms with Crippen molar-refractivity contribution >= 4 is 44.0 Å². The number of hydrogen-bond donors (Lipinski definition) is 3. The Hall–Kier alpha value is -3.91. The number of pyridine rings is 1. The van der Waals surface area contributed by atoms with E-state index in [9.17, 15) is 9.59 Å². The summed E-state index contributed by atoms with van der Waals surface area (Å²) in [5, 5.41) is 9.89. The number of nitrogens with one attached hydrogen (secondary N) is 3. The number of carbonyl (C=O) groups excluding carboxylic acids is 2. The van der Waals surface area contributed by atoms with Gasteiger partial charge in [-0.15, -0.1) is 11.3 Å². The van der Waals surface area contributed by atoms with E-state index in [4.69, 9.17) is 4.74 Å². The molecule has 4 rings (SSSR count). The largest absolute Gasteiger partial charge is 0.457 e. The first-order valence-corrected chi connectivity index (χ1v) is 9.95. The van der Waals surface area contributed by atoms with Crippen LogP contribution in [0.2, 0.25) is 0 Å². The minimum atomic E-state index is -0.303. The Kier molecular flexibility index (Phi) is 5.58. The van der Waals surface area contributed by atoms with Crippen LogP contribution in [-0.2, 0) is 0 Å². The van der Waals surface area contributed by atoms with Gasteiger partial charge < -0.3 is 15.4 Å². The molecule has 2 heterocycles. The number of anilines is 2. The zero-order chi connectivity index (χ0) is 20.9. The number of aromatic nitrogens is 1. The maximum atomic E-state index is 12.2. The molecule has 0 saturated carbocycles. The summed E-state index contributed by atoms with van der Waals surface area (Å²) in [6.07, 6.45) is 1.52. The lowest BCUT2D eigenvalue weighted by Crippen LogP contribution is -2.18. The lowest BCUT2D eigenvalue weighted by Gasteiger charge is -2.07. The number of ether oxygens (including phenoxy) is 1. The van der Waals surface area contributed by atoms with Crippen LogP contribution in [0, 0.1) is 0 Å². The summed E-state index contributed by atoms with van der Waals surface area (Å²) >= 11 is 1.44. The maximum absolute atomic E-state index is 12.2. The summed E-state index contributed by atoms with van der Waals surface area (Å²) in [7, 11) is 1.55. The molecular formula is C22H18N4O3S. The van der Waals surface area contributed by atoms with E-state index in [2.05, 4.69) is 20.9 Å². The highest BCUT2D eigenvalue weighted by Crippen LogP contribution is 2.34. The van der Waals surface area contributed by atoms with Crippen molar-refractivity contribution in [3.8, 4) is 11.5 Å². The van der Waals surface area contributed by atoms with E-state index in [1.807, 2.05) is 54.6 Å². The monoisotopic (exact) mass is 418 g/mol. The number of urea groups is 1. The molecule has 2 aromatic carbocycles. The van der Waals surface area contributed by atoms with Crippen LogP contribution in [0.25, 0.3) is 10.1 Å². The van der Waals surface area contributed by atoms with Gasteiger partial charge in [-0.2, -0.15) is 0 Å². The topological polar surface area (TPSA) is 92.4 Å². The van der Waals surface area contributed by atoms with Gasteiger partial charge in [0.15, 0.2) is 0 Å². The van der Waals surface area contributed by atoms with Crippen molar-refractivity contribution in [2.75, 3.05) is 17.7 Å². The number of hydrogen-bond acceptors (Lipinski definition) is 5. The molecule has 7 nitrogen and oxygen atoms in total. The number of fused-ring (bicyclic) bond motifs is 1. The Morgan fingerprint density at radius 3 is 2.53 bits per heavy atom. The molecule has 0 atom stereocenters. The van der Waals surface area contributed by atoms with Gasteiger partial charge in [-0.1, -0.05) is 18.2 Å². The molecule has 150 valence electrons. The number of carbonyl (C=O) groups is 2. The van der Waals surface area contributed by atoms with Crippen molar-refractivity contribution in [3.63, 3.8) is 0 Å². The molecule has 8 heteroatoms. The molecule has 4 aromatic rings. The average Bonchev–Trinajstić information content (AvgIpc) is 3.15. The lowest BCUT2D eigenvalue weighted by atomic mass is 10.2. The molecule has 0 unspecified atom stereocenters. The summed E-state index contributed by atoms with van der Waals surface area (Å²) < 4.78 is 6.84. The second kappa shape index (κ2) is 8.62. The third-order valence-corrected chi connectivity index (χ3v) is 5.20. The molecule has 0 bridgehead atoms. The number of nitrogens with zero attached hydrogens (tertiary/aromatic N) is 1. The first-order valence-electron chi connectivity index (χ1n) is 9.13. The Labute approximate surface area is 176 Å². The van der Waals surface area contributed by atoms with Crippen LogP contribution < -0.4 is 20.7 Å². The van der Waals surface area contributed by atoms with Gasteiger partial charge in [-0.3, -0.25) is 15.1 Å². The normalized spacial score (nSPS) is 10.4. The van der Waals surface area contributed by atoms with Gasteiger partial charge in [-0.25, -0.2) is 4.79 Å². The molecule has 0 aliphatic heterocycles. The molecule has 3 N–H and O–H groups in total. The second-order valence-corrected chi connectivity index (χ2v) is 7.40. The number of benzene rings is 2. The summed E-state index contributed by atoms with van der Waals surface area (Å²) in [4.78, 5) is 28.0. The van der Waals surface area contributed by atoms with Crippen molar-refractivity contribution in [1.29, 1.82) is 0 Å². The number of amides is 3. The zero-order valence-electron chi connectivity index (χ0n) is 16.0. The van der Waals surface area contributed by atoms with Crippen LogP contribution >= 0.6 is 11.3 Å². The summed E-state index contributed by atoms with van der Waals surface area (Å²) in [6.45, 7) is 0. The van der Waals surface area contributed by atoms with Crippen molar-refractivity contribution in [1.82, 2.24) is 10.3 Å². The highest BCUT2D eigenvalue weighted by molar-refractivity contribution is 7.23. The Morgan fingerprint density at radius 2 is 1.73 bits per heavy atom. The quantitative estimate of drug-likeness (QED) is 0.421. The number of rotatable bonds is 5. The predicted molar refractivity (Wildman–Crippen MR) is 119 cm³/mol. The fraction of sp³-hybridized carbons (Fsp3) is 0.0455. The van der Waals surface area contributed by atoms with E-state index in [0.29, 0.717) is 11.5 Å². The molecule has 2 aromatic heterocycles. The summed E-state index contributed by atoms with van der Waals surface area (Å²) in [6, 6.07) is 19.8. The fourth-order valence-electron chi connectivity index (χ4n) is 2.80.